The van der Waals surface area contributed by atoms with Crippen molar-refractivity contribution in [3.63, 3.8) is 0 Å². The molecule has 3 aromatic carbocycles. The highest BCUT2D eigenvalue weighted by molar-refractivity contribution is 7.92. The number of amides is 1. The maximum Gasteiger partial charge on any atom is 0.262 e. The minimum Gasteiger partial charge on any atom is -0.482 e. The monoisotopic (exact) mass is 462 g/mol. The lowest BCUT2D eigenvalue weighted by Crippen LogP contribution is -2.21. The molecule has 0 aliphatic carbocycles. The number of nitrogens with one attached hydrogen (secondary N) is 2. The quantitative estimate of drug-likeness (QED) is 0.522. The van der Waals surface area contributed by atoms with Crippen molar-refractivity contribution >= 4 is 38.9 Å². The van der Waals surface area contributed by atoms with E-state index >= 15 is 0 Å². The van der Waals surface area contributed by atoms with Gasteiger partial charge in [-0.05, 0) is 73.5 Å². The molecule has 0 aliphatic heterocycles. The fourth-order valence-electron chi connectivity index (χ4n) is 2.70. The molecular formula is C22H20ClFN2O4S. The number of hydrogen-bond acceptors (Lipinski definition) is 4. The first-order valence-corrected chi connectivity index (χ1v) is 11.1. The number of halogens is 2. The van der Waals surface area contributed by atoms with Crippen molar-refractivity contribution in [1.29, 1.82) is 0 Å². The Morgan fingerprint density at radius 3 is 2.42 bits per heavy atom. The van der Waals surface area contributed by atoms with Crippen molar-refractivity contribution in [2.24, 2.45) is 0 Å². The Morgan fingerprint density at radius 1 is 1.03 bits per heavy atom. The van der Waals surface area contributed by atoms with Gasteiger partial charge in [-0.15, -0.1) is 0 Å². The number of rotatable bonds is 7. The molecule has 0 aliphatic rings. The van der Waals surface area contributed by atoms with Crippen molar-refractivity contribution in [3.8, 4) is 5.75 Å². The van der Waals surface area contributed by atoms with Crippen molar-refractivity contribution in [2.75, 3.05) is 16.6 Å². The molecule has 9 heteroatoms. The zero-order chi connectivity index (χ0) is 22.6. The van der Waals surface area contributed by atoms with E-state index < -0.39 is 15.8 Å². The average Bonchev–Trinajstić information content (AvgIpc) is 2.71. The highest BCUT2D eigenvalue weighted by Gasteiger charge is 2.17. The molecule has 31 heavy (non-hydrogen) atoms. The first kappa shape index (κ1) is 22.6. The number of aryl methyl sites for hydroxylation is 2. The Bertz CT molecular complexity index is 1210. The van der Waals surface area contributed by atoms with Crippen molar-refractivity contribution < 1.29 is 22.3 Å². The summed E-state index contributed by atoms with van der Waals surface area (Å²) in [5.74, 6) is -0.688. The maximum absolute atomic E-state index is 13.0. The zero-order valence-electron chi connectivity index (χ0n) is 16.8. The molecule has 0 saturated heterocycles. The van der Waals surface area contributed by atoms with Crippen LogP contribution in [0, 0.1) is 19.7 Å². The van der Waals surface area contributed by atoms with Gasteiger partial charge in [0.15, 0.2) is 6.61 Å². The molecule has 162 valence electrons. The number of ether oxygens (including phenoxy) is 1. The molecule has 0 aromatic heterocycles. The van der Waals surface area contributed by atoms with Gasteiger partial charge in [0.1, 0.15) is 11.6 Å². The average molecular weight is 463 g/mol. The molecule has 1 amide bonds. The van der Waals surface area contributed by atoms with E-state index in [1.807, 2.05) is 32.0 Å². The normalized spacial score (nSPS) is 11.1. The molecule has 0 saturated carbocycles. The summed E-state index contributed by atoms with van der Waals surface area (Å²) in [5, 5.41) is 2.80. The van der Waals surface area contributed by atoms with Gasteiger partial charge in [0.25, 0.3) is 15.9 Å². The fraction of sp³-hybridized carbons (Fsp3) is 0.136. The predicted octanol–water partition coefficient (Wildman–Crippen LogP) is 4.91. The van der Waals surface area contributed by atoms with Gasteiger partial charge in [0.2, 0.25) is 0 Å². The Balaban J connectivity index is 1.65. The van der Waals surface area contributed by atoms with Gasteiger partial charge in [-0.2, -0.15) is 0 Å². The zero-order valence-corrected chi connectivity index (χ0v) is 18.4. The lowest BCUT2D eigenvalue weighted by Gasteiger charge is -2.12. The molecule has 0 radical (unpaired) electrons. The van der Waals surface area contributed by atoms with Crippen LogP contribution in [0.3, 0.4) is 0 Å². The second-order valence-electron chi connectivity index (χ2n) is 6.86. The van der Waals surface area contributed by atoms with Crippen LogP contribution in [-0.4, -0.2) is 20.9 Å². The molecule has 6 nitrogen and oxygen atoms in total. The Morgan fingerprint density at radius 2 is 1.74 bits per heavy atom. The van der Waals surface area contributed by atoms with Crippen molar-refractivity contribution in [2.45, 2.75) is 18.7 Å². The summed E-state index contributed by atoms with van der Waals surface area (Å²) in [6.07, 6.45) is 0. The van der Waals surface area contributed by atoms with E-state index in [2.05, 4.69) is 10.0 Å². The van der Waals surface area contributed by atoms with Crippen LogP contribution in [0.25, 0.3) is 0 Å². The van der Waals surface area contributed by atoms with Gasteiger partial charge >= 0.3 is 0 Å². The number of hydrogen-bond donors (Lipinski definition) is 2. The third kappa shape index (κ3) is 5.96. The van der Waals surface area contributed by atoms with Gasteiger partial charge in [0.05, 0.1) is 9.92 Å². The number of sulfonamides is 1. The van der Waals surface area contributed by atoms with Crippen LogP contribution in [0.15, 0.2) is 65.6 Å². The predicted molar refractivity (Wildman–Crippen MR) is 119 cm³/mol. The molecule has 0 heterocycles. The van der Waals surface area contributed by atoms with Gasteiger partial charge in [-0.3, -0.25) is 9.52 Å². The van der Waals surface area contributed by atoms with Crippen LogP contribution in [0.2, 0.25) is 5.02 Å². The van der Waals surface area contributed by atoms with Gasteiger partial charge in [-0.1, -0.05) is 23.7 Å². The van der Waals surface area contributed by atoms with Crippen LogP contribution in [0.4, 0.5) is 15.8 Å². The number of benzene rings is 3. The standard InChI is InChI=1S/C22H20ClFN2O4S/c1-14-3-4-15(2)20(11-14)25-22(27)13-30-21-10-9-18(12-19(21)23)31(28,29)26-17-7-5-16(24)6-8-17/h3-12,26H,13H2,1-2H3,(H,25,27). The van der Waals surface area contributed by atoms with E-state index in [9.17, 15) is 17.6 Å². The van der Waals surface area contributed by atoms with Gasteiger partial charge < -0.3 is 10.1 Å². The summed E-state index contributed by atoms with van der Waals surface area (Å²) < 4.78 is 45.8. The topological polar surface area (TPSA) is 84.5 Å². The molecule has 0 atom stereocenters. The molecule has 0 unspecified atom stereocenters. The highest BCUT2D eigenvalue weighted by Crippen LogP contribution is 2.28. The Kier molecular flexibility index (Phi) is 6.82. The van der Waals surface area contributed by atoms with Crippen molar-refractivity contribution in [1.82, 2.24) is 0 Å². The third-order valence-electron chi connectivity index (χ3n) is 4.34. The summed E-state index contributed by atoms with van der Waals surface area (Å²) in [6.45, 7) is 3.50. The smallest absolute Gasteiger partial charge is 0.262 e. The van der Waals surface area contributed by atoms with Crippen LogP contribution >= 0.6 is 11.6 Å². The molecular weight excluding hydrogens is 443 g/mol. The van der Waals surface area contributed by atoms with E-state index in [1.54, 1.807) is 0 Å². The van der Waals surface area contributed by atoms with Crippen molar-refractivity contribution in [3.05, 3.63) is 82.6 Å². The lowest BCUT2D eigenvalue weighted by atomic mass is 10.1. The SMILES string of the molecule is Cc1ccc(C)c(NC(=O)COc2ccc(S(=O)(=O)Nc3ccc(F)cc3)cc2Cl)c1. The molecule has 0 bridgehead atoms. The van der Waals surface area contributed by atoms with Crippen LogP contribution < -0.4 is 14.8 Å². The van der Waals surface area contributed by atoms with Gasteiger partial charge in [0, 0.05) is 11.4 Å². The Hall–Kier alpha value is -3.10. The van der Waals surface area contributed by atoms with E-state index in [1.165, 1.54) is 30.3 Å². The van der Waals surface area contributed by atoms with E-state index in [-0.39, 0.29) is 33.9 Å². The molecule has 2 N–H and O–H groups in total. The van der Waals surface area contributed by atoms with E-state index in [0.717, 1.165) is 23.3 Å². The van der Waals surface area contributed by atoms with Gasteiger partial charge in [-0.25, -0.2) is 12.8 Å². The highest BCUT2D eigenvalue weighted by atomic mass is 35.5. The van der Waals surface area contributed by atoms with E-state index in [0.29, 0.717) is 5.69 Å². The maximum atomic E-state index is 13.0. The largest absolute Gasteiger partial charge is 0.482 e. The van der Waals surface area contributed by atoms with E-state index in [4.69, 9.17) is 16.3 Å². The third-order valence-corrected chi connectivity index (χ3v) is 6.01. The molecule has 3 aromatic rings. The number of anilines is 2. The summed E-state index contributed by atoms with van der Waals surface area (Å²) in [4.78, 5) is 12.1. The van der Waals surface area contributed by atoms with Crippen LogP contribution in [0.5, 0.6) is 5.75 Å². The van der Waals surface area contributed by atoms with Crippen LogP contribution in [-0.2, 0) is 14.8 Å². The summed E-state index contributed by atoms with van der Waals surface area (Å²) in [5.41, 5.74) is 2.82. The second-order valence-corrected chi connectivity index (χ2v) is 8.95. The summed E-state index contributed by atoms with van der Waals surface area (Å²) in [7, 11) is -3.94. The first-order chi connectivity index (χ1) is 14.6. The fourth-order valence-corrected chi connectivity index (χ4v) is 4.08. The molecule has 3 rings (SSSR count). The summed E-state index contributed by atoms with van der Waals surface area (Å²) >= 11 is 6.15. The Labute approximate surface area is 185 Å². The lowest BCUT2D eigenvalue weighted by molar-refractivity contribution is -0.118. The number of carbonyl (C=O) groups excluding carboxylic acids is 1. The minimum atomic E-state index is -3.94. The van der Waals surface area contributed by atoms with Crippen LogP contribution in [0.1, 0.15) is 11.1 Å². The summed E-state index contributed by atoms with van der Waals surface area (Å²) in [6, 6.07) is 14.5. The number of carbonyl (C=O) groups is 1. The second kappa shape index (κ2) is 9.36. The first-order valence-electron chi connectivity index (χ1n) is 9.22. The molecule has 0 spiro atoms. The minimum absolute atomic E-state index is 0.0292. The molecule has 0 fully saturated rings.